The molecule has 34 heavy (non-hydrogen) atoms. The average molecular weight is 486 g/mol. The summed E-state index contributed by atoms with van der Waals surface area (Å²) in [5, 5.41) is 0.593. The van der Waals surface area contributed by atoms with Crippen LogP contribution in [0, 0.1) is 11.6 Å². The molecule has 0 aliphatic carbocycles. The first-order valence-electron chi connectivity index (χ1n) is 11.1. The van der Waals surface area contributed by atoms with Crippen molar-refractivity contribution in [3.63, 3.8) is 0 Å². The van der Waals surface area contributed by atoms with Crippen LogP contribution in [0.1, 0.15) is 30.0 Å². The lowest BCUT2D eigenvalue weighted by Crippen LogP contribution is -2.56. The van der Waals surface area contributed by atoms with E-state index < -0.39 is 23.3 Å². The van der Waals surface area contributed by atoms with Gasteiger partial charge >= 0.3 is 0 Å². The van der Waals surface area contributed by atoms with Gasteiger partial charge in [-0.2, -0.15) is 0 Å². The van der Waals surface area contributed by atoms with Crippen LogP contribution in [0.2, 0.25) is 5.02 Å². The first-order chi connectivity index (χ1) is 16.4. The summed E-state index contributed by atoms with van der Waals surface area (Å²) in [6.07, 6.45) is -0.0928. The molecule has 3 aromatic carbocycles. The summed E-state index contributed by atoms with van der Waals surface area (Å²) in [6, 6.07) is 20.5. The summed E-state index contributed by atoms with van der Waals surface area (Å²) >= 11 is 6.14. The SMILES string of the molecule is CC(=O)N1CC[C@](OCc2ccccc2)(c2ccc(Cl)cc2)[C@@H](OCc2cc(F)cc(F)c2)C1. The standard InChI is InChI=1S/C27H26ClF2NO3/c1-19(32)31-12-11-27(22-7-9-23(28)10-8-22,34-18-20-5-3-2-4-6-20)26(16-31)33-17-21-13-24(29)15-25(30)14-21/h2-10,13-15,26H,11-12,16-18H2,1H3/t26-,27-/m0/s1. The van der Waals surface area contributed by atoms with Crippen molar-refractivity contribution in [3.8, 4) is 0 Å². The Hall–Kier alpha value is -2.80. The van der Waals surface area contributed by atoms with Crippen LogP contribution in [-0.2, 0) is 33.1 Å². The van der Waals surface area contributed by atoms with Crippen LogP contribution in [0.25, 0.3) is 0 Å². The van der Waals surface area contributed by atoms with E-state index in [1.165, 1.54) is 19.1 Å². The van der Waals surface area contributed by atoms with Crippen LogP contribution in [0.4, 0.5) is 8.78 Å². The maximum Gasteiger partial charge on any atom is 0.219 e. The third-order valence-electron chi connectivity index (χ3n) is 6.15. The Labute approximate surface area is 203 Å². The maximum atomic E-state index is 13.7. The van der Waals surface area contributed by atoms with Crippen LogP contribution in [-0.4, -0.2) is 30.0 Å². The lowest BCUT2D eigenvalue weighted by Gasteiger charge is -2.47. The quantitative estimate of drug-likeness (QED) is 0.420. The molecule has 3 aromatic rings. The molecule has 1 amide bonds. The lowest BCUT2D eigenvalue weighted by atomic mass is 9.81. The summed E-state index contributed by atoms with van der Waals surface area (Å²) in [4.78, 5) is 13.9. The van der Waals surface area contributed by atoms with Crippen molar-refractivity contribution in [3.05, 3.63) is 106 Å². The topological polar surface area (TPSA) is 38.8 Å². The van der Waals surface area contributed by atoms with Crippen molar-refractivity contribution in [1.29, 1.82) is 0 Å². The van der Waals surface area contributed by atoms with Crippen molar-refractivity contribution in [2.75, 3.05) is 13.1 Å². The van der Waals surface area contributed by atoms with E-state index >= 15 is 0 Å². The van der Waals surface area contributed by atoms with Crippen molar-refractivity contribution < 1.29 is 23.0 Å². The highest BCUT2D eigenvalue weighted by molar-refractivity contribution is 6.30. The molecule has 1 saturated heterocycles. The average Bonchev–Trinajstić information content (AvgIpc) is 2.82. The molecule has 4 nitrogen and oxygen atoms in total. The highest BCUT2D eigenvalue weighted by Gasteiger charge is 2.47. The molecule has 7 heteroatoms. The minimum atomic E-state index is -0.891. The van der Waals surface area contributed by atoms with Crippen LogP contribution < -0.4 is 0 Å². The second-order valence-electron chi connectivity index (χ2n) is 8.46. The van der Waals surface area contributed by atoms with Gasteiger partial charge < -0.3 is 14.4 Å². The molecule has 1 aliphatic heterocycles. The number of carbonyl (C=O) groups excluding carboxylic acids is 1. The summed E-state index contributed by atoms with van der Waals surface area (Å²) in [5.74, 6) is -1.41. The Balaban J connectivity index is 1.68. The molecule has 178 valence electrons. The Kier molecular flexibility index (Phi) is 7.61. The van der Waals surface area contributed by atoms with E-state index in [-0.39, 0.29) is 19.1 Å². The minimum absolute atomic E-state index is 0.0326. The van der Waals surface area contributed by atoms with Gasteiger partial charge in [0.2, 0.25) is 5.91 Å². The van der Waals surface area contributed by atoms with Crippen LogP contribution in [0.5, 0.6) is 0 Å². The number of carbonyl (C=O) groups is 1. The Morgan fingerprint density at radius 3 is 2.32 bits per heavy atom. The first kappa shape index (κ1) is 24.3. The van der Waals surface area contributed by atoms with Gasteiger partial charge in [-0.3, -0.25) is 4.79 Å². The smallest absolute Gasteiger partial charge is 0.219 e. The van der Waals surface area contributed by atoms with Crippen LogP contribution >= 0.6 is 11.6 Å². The van der Waals surface area contributed by atoms with E-state index in [0.29, 0.717) is 30.2 Å². The van der Waals surface area contributed by atoms with Gasteiger partial charge in [0.1, 0.15) is 23.3 Å². The summed E-state index contributed by atoms with van der Waals surface area (Å²) in [7, 11) is 0. The Morgan fingerprint density at radius 1 is 1.00 bits per heavy atom. The van der Waals surface area contributed by atoms with Gasteiger partial charge in [0.05, 0.1) is 19.8 Å². The lowest BCUT2D eigenvalue weighted by molar-refractivity contribution is -0.195. The van der Waals surface area contributed by atoms with Gasteiger partial charge in [0.25, 0.3) is 0 Å². The van der Waals surface area contributed by atoms with E-state index in [1.807, 2.05) is 42.5 Å². The molecule has 0 unspecified atom stereocenters. The van der Waals surface area contributed by atoms with Crippen molar-refractivity contribution in [1.82, 2.24) is 4.90 Å². The fraction of sp³-hybridized carbons (Fsp3) is 0.296. The maximum absolute atomic E-state index is 13.7. The van der Waals surface area contributed by atoms with Crippen LogP contribution in [0.15, 0.2) is 72.8 Å². The van der Waals surface area contributed by atoms with Gasteiger partial charge in [-0.25, -0.2) is 8.78 Å². The Bertz CT molecular complexity index is 1110. The van der Waals surface area contributed by atoms with E-state index in [1.54, 1.807) is 17.0 Å². The van der Waals surface area contributed by atoms with Gasteiger partial charge in [-0.1, -0.05) is 54.1 Å². The predicted molar refractivity (Wildman–Crippen MR) is 126 cm³/mol. The fourth-order valence-electron chi connectivity index (χ4n) is 4.36. The molecule has 1 aliphatic rings. The summed E-state index contributed by atoms with van der Waals surface area (Å²) in [5.41, 5.74) is 1.34. The number of ether oxygens (including phenoxy) is 2. The molecule has 0 saturated carbocycles. The number of hydrogen-bond acceptors (Lipinski definition) is 3. The Morgan fingerprint density at radius 2 is 1.68 bits per heavy atom. The van der Waals surface area contributed by atoms with Crippen LogP contribution in [0.3, 0.4) is 0 Å². The van der Waals surface area contributed by atoms with Crippen molar-refractivity contribution in [2.24, 2.45) is 0 Å². The summed E-state index contributed by atoms with van der Waals surface area (Å²) < 4.78 is 40.3. The third kappa shape index (κ3) is 5.63. The minimum Gasteiger partial charge on any atom is -0.368 e. The number of amides is 1. The van der Waals surface area contributed by atoms with Gasteiger partial charge in [-0.15, -0.1) is 0 Å². The molecule has 0 N–H and O–H groups in total. The van der Waals surface area contributed by atoms with Crippen molar-refractivity contribution >= 4 is 17.5 Å². The highest BCUT2D eigenvalue weighted by Crippen LogP contribution is 2.40. The fourth-order valence-corrected chi connectivity index (χ4v) is 4.49. The molecule has 2 atom stereocenters. The number of hydrogen-bond donors (Lipinski definition) is 0. The van der Waals surface area contributed by atoms with Crippen molar-refractivity contribution in [2.45, 2.75) is 38.3 Å². The largest absolute Gasteiger partial charge is 0.368 e. The number of rotatable bonds is 7. The monoisotopic (exact) mass is 485 g/mol. The zero-order valence-corrected chi connectivity index (χ0v) is 19.6. The molecule has 1 heterocycles. The zero-order valence-electron chi connectivity index (χ0n) is 18.8. The normalized spacial score (nSPS) is 20.4. The molecule has 0 spiro atoms. The zero-order chi connectivity index (χ0) is 24.1. The van der Waals surface area contributed by atoms with E-state index in [4.69, 9.17) is 21.1 Å². The number of likely N-dealkylation sites (tertiary alicyclic amines) is 1. The van der Waals surface area contributed by atoms with Gasteiger partial charge in [-0.05, 0) is 41.0 Å². The van der Waals surface area contributed by atoms with E-state index in [0.717, 1.165) is 17.2 Å². The first-order valence-corrected chi connectivity index (χ1v) is 11.5. The predicted octanol–water partition coefficient (Wildman–Crippen LogP) is 5.87. The number of benzene rings is 3. The summed E-state index contributed by atoms with van der Waals surface area (Å²) in [6.45, 7) is 2.58. The molecule has 0 radical (unpaired) electrons. The van der Waals surface area contributed by atoms with E-state index in [2.05, 4.69) is 0 Å². The molecule has 0 aromatic heterocycles. The second kappa shape index (κ2) is 10.6. The molecular weight excluding hydrogens is 460 g/mol. The molecular formula is C27H26ClF2NO3. The second-order valence-corrected chi connectivity index (χ2v) is 8.90. The molecule has 1 fully saturated rings. The van der Waals surface area contributed by atoms with E-state index in [9.17, 15) is 13.6 Å². The number of halogens is 3. The molecule has 0 bridgehead atoms. The van der Waals surface area contributed by atoms with Gasteiger partial charge in [0.15, 0.2) is 0 Å². The number of nitrogens with zero attached hydrogens (tertiary/aromatic N) is 1. The third-order valence-corrected chi connectivity index (χ3v) is 6.40. The number of piperidine rings is 1. The van der Waals surface area contributed by atoms with Gasteiger partial charge in [0, 0.05) is 31.0 Å². The molecule has 4 rings (SSSR count). The highest BCUT2D eigenvalue weighted by atomic mass is 35.5.